The molecule has 0 saturated carbocycles. The first-order valence-corrected chi connectivity index (χ1v) is 7.35. The molecular weight excluding hydrogens is 368 g/mol. The normalized spacial score (nSPS) is 11.1. The van der Waals surface area contributed by atoms with E-state index < -0.39 is 10.5 Å². The first kappa shape index (κ1) is 15.1. The molecule has 0 aliphatic carbocycles. The maximum Gasteiger partial charge on any atom is 0.269 e. The lowest BCUT2D eigenvalue weighted by Crippen LogP contribution is -2.48. The third-order valence-corrected chi connectivity index (χ3v) is 4.82. The second-order valence-corrected chi connectivity index (χ2v) is 5.21. The number of amides is 1. The Morgan fingerprint density at radius 1 is 1.33 bits per heavy atom. The van der Waals surface area contributed by atoms with Gasteiger partial charge in [0.1, 0.15) is 0 Å². The summed E-state index contributed by atoms with van der Waals surface area (Å²) in [4.78, 5) is 21.9. The second kappa shape index (κ2) is 6.29. The number of nitro benzene ring substituents is 1. The number of non-ortho nitro benzene ring substituents is 1. The number of nitrogens with zero attached hydrogens (tertiary/aromatic N) is 1. The maximum absolute atomic E-state index is 11.9. The molecule has 0 aliphatic rings. The fraction of sp³-hybridized carbons (Fsp3) is 0.364. The van der Waals surface area contributed by atoms with Crippen LogP contribution >= 0.6 is 31.9 Å². The average Bonchev–Trinajstić information content (AvgIpc) is 2.38. The molecule has 0 saturated heterocycles. The van der Waals surface area contributed by atoms with Gasteiger partial charge in [-0.2, -0.15) is 0 Å². The van der Waals surface area contributed by atoms with E-state index in [4.69, 9.17) is 0 Å². The van der Waals surface area contributed by atoms with Gasteiger partial charge in [-0.25, -0.2) is 0 Å². The van der Waals surface area contributed by atoms with Crippen LogP contribution in [0.2, 0.25) is 0 Å². The quantitative estimate of drug-likeness (QED) is 0.485. The highest BCUT2D eigenvalue weighted by molar-refractivity contribution is 9.09. The fourth-order valence-electron chi connectivity index (χ4n) is 1.18. The number of hydrogen-bond donors (Lipinski definition) is 1. The summed E-state index contributed by atoms with van der Waals surface area (Å²) in [5.74, 6) is -0.258. The van der Waals surface area contributed by atoms with E-state index in [0.29, 0.717) is 16.2 Å². The number of halogens is 2. The van der Waals surface area contributed by atoms with Crippen molar-refractivity contribution in [3.63, 3.8) is 0 Å². The van der Waals surface area contributed by atoms with Crippen molar-refractivity contribution in [3.8, 4) is 0 Å². The molecule has 0 fully saturated rings. The maximum atomic E-state index is 11.9. The summed E-state index contributed by atoms with van der Waals surface area (Å²) in [5, 5.41) is 14.6. The van der Waals surface area contributed by atoms with Crippen LogP contribution in [0, 0.1) is 10.1 Å². The van der Waals surface area contributed by atoms with Crippen LogP contribution in [0.15, 0.2) is 24.3 Å². The topological polar surface area (TPSA) is 72.2 Å². The van der Waals surface area contributed by atoms with Gasteiger partial charge in [0.05, 0.1) is 10.5 Å². The molecule has 0 spiro atoms. The van der Waals surface area contributed by atoms with Crippen LogP contribution in [-0.2, 0) is 0 Å². The molecule has 1 amide bonds. The number of alkyl halides is 2. The molecular formula is C11H12Br2N2O3. The Balaban J connectivity index is 2.82. The van der Waals surface area contributed by atoms with Crippen molar-refractivity contribution in [2.24, 2.45) is 0 Å². The molecule has 1 aromatic rings. The summed E-state index contributed by atoms with van der Waals surface area (Å²) in [5.41, 5.74) is -0.0391. The standard InChI is InChI=1S/C11H12Br2N2O3/c1-11(6-12,7-13)14-10(16)8-2-4-9(5-3-8)15(17)18/h2-5H,6-7H2,1H3,(H,14,16). The molecule has 0 unspecified atom stereocenters. The molecule has 1 rings (SSSR count). The van der Waals surface area contributed by atoms with Crippen LogP contribution in [0.1, 0.15) is 17.3 Å². The van der Waals surface area contributed by atoms with Crippen molar-refractivity contribution < 1.29 is 9.72 Å². The highest BCUT2D eigenvalue weighted by Crippen LogP contribution is 2.15. The number of hydrogen-bond acceptors (Lipinski definition) is 3. The van der Waals surface area contributed by atoms with Gasteiger partial charge in [-0.3, -0.25) is 14.9 Å². The number of nitro groups is 1. The van der Waals surface area contributed by atoms with Crippen molar-refractivity contribution >= 4 is 43.5 Å². The zero-order valence-corrected chi connectivity index (χ0v) is 12.8. The van der Waals surface area contributed by atoms with Gasteiger partial charge in [0.2, 0.25) is 0 Å². The summed E-state index contributed by atoms with van der Waals surface area (Å²) in [6.07, 6.45) is 0. The third kappa shape index (κ3) is 3.78. The van der Waals surface area contributed by atoms with Crippen molar-refractivity contribution in [2.75, 3.05) is 10.7 Å². The van der Waals surface area contributed by atoms with Crippen molar-refractivity contribution in [1.29, 1.82) is 0 Å². The first-order chi connectivity index (χ1) is 8.41. The Labute approximate surface area is 121 Å². The van der Waals surface area contributed by atoms with Gasteiger partial charge in [-0.15, -0.1) is 0 Å². The molecule has 1 aromatic carbocycles. The van der Waals surface area contributed by atoms with Crippen LogP contribution in [0.5, 0.6) is 0 Å². The molecule has 1 N–H and O–H groups in total. The van der Waals surface area contributed by atoms with Crippen LogP contribution in [0.25, 0.3) is 0 Å². The molecule has 18 heavy (non-hydrogen) atoms. The minimum Gasteiger partial charge on any atom is -0.345 e. The van der Waals surface area contributed by atoms with E-state index in [1.165, 1.54) is 24.3 Å². The molecule has 0 bridgehead atoms. The van der Waals surface area contributed by atoms with Gasteiger partial charge in [-0.1, -0.05) is 31.9 Å². The lowest BCUT2D eigenvalue weighted by Gasteiger charge is -2.26. The lowest BCUT2D eigenvalue weighted by molar-refractivity contribution is -0.384. The Kier molecular flexibility index (Phi) is 5.28. The molecule has 0 radical (unpaired) electrons. The zero-order valence-electron chi connectivity index (χ0n) is 9.65. The predicted molar refractivity (Wildman–Crippen MR) is 76.6 cm³/mol. The molecule has 0 heterocycles. The van der Waals surface area contributed by atoms with Gasteiger partial charge >= 0.3 is 0 Å². The van der Waals surface area contributed by atoms with Crippen LogP contribution < -0.4 is 5.32 Å². The van der Waals surface area contributed by atoms with Crippen molar-refractivity contribution in [3.05, 3.63) is 39.9 Å². The molecule has 0 aromatic heterocycles. The third-order valence-electron chi connectivity index (χ3n) is 2.35. The minimum absolute atomic E-state index is 0.0321. The fourth-order valence-corrected chi connectivity index (χ4v) is 2.39. The van der Waals surface area contributed by atoms with Crippen LogP contribution in [-0.4, -0.2) is 27.0 Å². The van der Waals surface area contributed by atoms with E-state index in [1.807, 2.05) is 6.92 Å². The summed E-state index contributed by atoms with van der Waals surface area (Å²) in [6.45, 7) is 1.89. The SMILES string of the molecule is CC(CBr)(CBr)NC(=O)c1ccc([N+](=O)[O-])cc1. The van der Waals surface area contributed by atoms with Crippen LogP contribution in [0.4, 0.5) is 5.69 Å². The highest BCUT2D eigenvalue weighted by atomic mass is 79.9. The van der Waals surface area contributed by atoms with Gasteiger partial charge in [-0.05, 0) is 19.1 Å². The molecule has 7 heteroatoms. The Morgan fingerprint density at radius 2 is 1.83 bits per heavy atom. The molecule has 5 nitrogen and oxygen atoms in total. The molecule has 0 aliphatic heterocycles. The van der Waals surface area contributed by atoms with E-state index in [2.05, 4.69) is 37.2 Å². The second-order valence-electron chi connectivity index (χ2n) is 4.09. The summed E-state index contributed by atoms with van der Waals surface area (Å²) in [7, 11) is 0. The van der Waals surface area contributed by atoms with E-state index >= 15 is 0 Å². The van der Waals surface area contributed by atoms with Gasteiger partial charge in [0, 0.05) is 28.4 Å². The summed E-state index contributed by atoms with van der Waals surface area (Å²) < 4.78 is 0. The van der Waals surface area contributed by atoms with Gasteiger partial charge in [0.15, 0.2) is 0 Å². The number of carbonyl (C=O) groups is 1. The number of nitrogens with one attached hydrogen (secondary N) is 1. The van der Waals surface area contributed by atoms with E-state index in [-0.39, 0.29) is 11.6 Å². The Bertz CT molecular complexity index is 444. The van der Waals surface area contributed by atoms with E-state index in [1.54, 1.807) is 0 Å². The van der Waals surface area contributed by atoms with E-state index in [0.717, 1.165) is 0 Å². The highest BCUT2D eigenvalue weighted by Gasteiger charge is 2.24. The largest absolute Gasteiger partial charge is 0.345 e. The smallest absolute Gasteiger partial charge is 0.269 e. The zero-order chi connectivity index (χ0) is 13.8. The van der Waals surface area contributed by atoms with Crippen molar-refractivity contribution in [2.45, 2.75) is 12.5 Å². The molecule has 98 valence electrons. The van der Waals surface area contributed by atoms with Crippen molar-refractivity contribution in [1.82, 2.24) is 5.32 Å². The van der Waals surface area contributed by atoms with E-state index in [9.17, 15) is 14.9 Å². The predicted octanol–water partition coefficient (Wildman–Crippen LogP) is 2.87. The molecule has 0 atom stereocenters. The first-order valence-electron chi connectivity index (χ1n) is 5.11. The lowest BCUT2D eigenvalue weighted by atomic mass is 10.1. The summed E-state index contributed by atoms with van der Waals surface area (Å²) in [6, 6.07) is 5.51. The van der Waals surface area contributed by atoms with Gasteiger partial charge in [0.25, 0.3) is 11.6 Å². The number of benzene rings is 1. The minimum atomic E-state index is -0.497. The Hall–Kier alpha value is -0.950. The summed E-state index contributed by atoms with van der Waals surface area (Å²) >= 11 is 6.66. The van der Waals surface area contributed by atoms with Crippen LogP contribution in [0.3, 0.4) is 0 Å². The average molecular weight is 380 g/mol. The number of rotatable bonds is 5. The van der Waals surface area contributed by atoms with Gasteiger partial charge < -0.3 is 5.32 Å². The Morgan fingerprint density at radius 3 is 2.22 bits per heavy atom. The monoisotopic (exact) mass is 378 g/mol. The number of carbonyl (C=O) groups excluding carboxylic acids is 1.